The van der Waals surface area contributed by atoms with Gasteiger partial charge in [0, 0.05) is 17.3 Å². The highest BCUT2D eigenvalue weighted by Gasteiger charge is 2.26. The summed E-state index contributed by atoms with van der Waals surface area (Å²) in [5.74, 6) is -0.160. The van der Waals surface area contributed by atoms with Gasteiger partial charge in [0.25, 0.3) is 5.91 Å². The summed E-state index contributed by atoms with van der Waals surface area (Å²) in [4.78, 5) is 12.5. The van der Waals surface area contributed by atoms with E-state index >= 15 is 0 Å². The van der Waals surface area contributed by atoms with Crippen LogP contribution in [0.3, 0.4) is 0 Å². The third-order valence-corrected chi connectivity index (χ3v) is 6.22. The second-order valence-corrected chi connectivity index (χ2v) is 8.32. The lowest BCUT2D eigenvalue weighted by molar-refractivity contribution is 0.102. The molecule has 144 valence electrons. The second-order valence-electron chi connectivity index (χ2n) is 6.64. The number of sulfonamides is 1. The van der Waals surface area contributed by atoms with Crippen LogP contribution in [0.4, 0.5) is 5.69 Å². The Bertz CT molecular complexity index is 891. The van der Waals surface area contributed by atoms with Crippen LogP contribution in [0.15, 0.2) is 53.4 Å². The molecular formula is C20H24N2O4S. The Hall–Kier alpha value is -2.38. The lowest BCUT2D eigenvalue weighted by Gasteiger charge is -2.23. The van der Waals surface area contributed by atoms with Crippen LogP contribution in [-0.2, 0) is 10.0 Å². The van der Waals surface area contributed by atoms with Crippen molar-refractivity contribution in [2.75, 3.05) is 12.4 Å². The molecule has 1 saturated carbocycles. The maximum atomic E-state index is 12.9. The molecule has 0 bridgehead atoms. The lowest BCUT2D eigenvalue weighted by atomic mass is 9.96. The van der Waals surface area contributed by atoms with Crippen molar-refractivity contribution in [2.45, 2.75) is 43.0 Å². The number of carbonyl (C=O) groups excluding carboxylic acids is 1. The van der Waals surface area contributed by atoms with Crippen molar-refractivity contribution >= 4 is 21.6 Å². The van der Waals surface area contributed by atoms with Crippen LogP contribution in [0.5, 0.6) is 5.75 Å². The van der Waals surface area contributed by atoms with E-state index in [1.165, 1.54) is 19.2 Å². The Labute approximate surface area is 160 Å². The molecule has 27 heavy (non-hydrogen) atoms. The third kappa shape index (κ3) is 4.87. The smallest absolute Gasteiger partial charge is 0.255 e. The number of benzene rings is 2. The van der Waals surface area contributed by atoms with Crippen molar-refractivity contribution in [1.29, 1.82) is 0 Å². The molecule has 0 saturated heterocycles. The van der Waals surface area contributed by atoms with Gasteiger partial charge in [-0.1, -0.05) is 37.5 Å². The number of nitrogens with one attached hydrogen (secondary N) is 2. The molecule has 2 aromatic rings. The number of para-hydroxylation sites is 1. The van der Waals surface area contributed by atoms with E-state index < -0.39 is 10.0 Å². The fourth-order valence-electron chi connectivity index (χ4n) is 3.26. The zero-order valence-electron chi connectivity index (χ0n) is 15.3. The summed E-state index contributed by atoms with van der Waals surface area (Å²) in [5, 5.41) is 2.76. The molecular weight excluding hydrogens is 364 g/mol. The van der Waals surface area contributed by atoms with E-state index in [4.69, 9.17) is 4.74 Å². The van der Waals surface area contributed by atoms with E-state index in [1.54, 1.807) is 18.2 Å². The van der Waals surface area contributed by atoms with Crippen molar-refractivity contribution in [3.63, 3.8) is 0 Å². The van der Waals surface area contributed by atoms with Gasteiger partial charge in [0.1, 0.15) is 10.6 Å². The molecule has 1 aliphatic carbocycles. The highest BCUT2D eigenvalue weighted by Crippen LogP contribution is 2.27. The summed E-state index contributed by atoms with van der Waals surface area (Å²) in [7, 11) is -2.37. The Morgan fingerprint density at radius 2 is 1.74 bits per heavy atom. The maximum Gasteiger partial charge on any atom is 0.255 e. The number of hydrogen-bond acceptors (Lipinski definition) is 4. The molecule has 2 aromatic carbocycles. The first-order chi connectivity index (χ1) is 13.0. The molecule has 0 aliphatic heterocycles. The summed E-state index contributed by atoms with van der Waals surface area (Å²) < 4.78 is 33.8. The summed E-state index contributed by atoms with van der Waals surface area (Å²) in [6.45, 7) is 0. The molecule has 0 spiro atoms. The average molecular weight is 388 g/mol. The van der Waals surface area contributed by atoms with Gasteiger partial charge in [0.2, 0.25) is 10.0 Å². The van der Waals surface area contributed by atoms with Gasteiger partial charge >= 0.3 is 0 Å². The van der Waals surface area contributed by atoms with Crippen LogP contribution in [0, 0.1) is 0 Å². The van der Waals surface area contributed by atoms with Crippen LogP contribution in [0.25, 0.3) is 0 Å². The number of anilines is 1. The molecule has 6 nitrogen and oxygen atoms in total. The van der Waals surface area contributed by atoms with E-state index in [2.05, 4.69) is 10.0 Å². The summed E-state index contributed by atoms with van der Waals surface area (Å²) in [6.07, 6.45) is 4.83. The molecule has 1 amide bonds. The zero-order chi connectivity index (χ0) is 19.3. The van der Waals surface area contributed by atoms with Gasteiger partial charge in [-0.25, -0.2) is 13.1 Å². The van der Waals surface area contributed by atoms with Crippen molar-refractivity contribution < 1.29 is 17.9 Å². The number of rotatable bonds is 6. The molecule has 0 atom stereocenters. The highest BCUT2D eigenvalue weighted by atomic mass is 32.2. The molecule has 1 fully saturated rings. The fraction of sp³-hybridized carbons (Fsp3) is 0.350. The molecule has 0 heterocycles. The fourth-order valence-corrected chi connectivity index (χ4v) is 4.76. The Balaban J connectivity index is 1.85. The van der Waals surface area contributed by atoms with Gasteiger partial charge < -0.3 is 10.1 Å². The average Bonchev–Trinajstić information content (AvgIpc) is 2.68. The summed E-state index contributed by atoms with van der Waals surface area (Å²) >= 11 is 0. The second kappa shape index (κ2) is 8.54. The van der Waals surface area contributed by atoms with Crippen molar-refractivity contribution in [3.05, 3.63) is 54.1 Å². The number of carbonyl (C=O) groups is 1. The molecule has 1 aliphatic rings. The van der Waals surface area contributed by atoms with E-state index in [0.717, 1.165) is 32.1 Å². The van der Waals surface area contributed by atoms with Crippen molar-refractivity contribution in [2.24, 2.45) is 0 Å². The zero-order valence-corrected chi connectivity index (χ0v) is 16.1. The normalized spacial score (nSPS) is 15.3. The van der Waals surface area contributed by atoms with Gasteiger partial charge in [-0.2, -0.15) is 0 Å². The van der Waals surface area contributed by atoms with Gasteiger partial charge in [0.05, 0.1) is 7.11 Å². The molecule has 2 N–H and O–H groups in total. The van der Waals surface area contributed by atoms with Crippen LogP contribution in [-0.4, -0.2) is 27.5 Å². The minimum atomic E-state index is -3.79. The predicted octanol–water partition coefficient (Wildman–Crippen LogP) is 3.56. The monoisotopic (exact) mass is 388 g/mol. The first kappa shape index (κ1) is 19.4. The number of hydrogen-bond donors (Lipinski definition) is 2. The number of amides is 1. The van der Waals surface area contributed by atoms with Gasteiger partial charge in [-0.05, 0) is 43.2 Å². The van der Waals surface area contributed by atoms with E-state index in [9.17, 15) is 13.2 Å². The molecule has 0 unspecified atom stereocenters. The van der Waals surface area contributed by atoms with Gasteiger partial charge in [-0.15, -0.1) is 0 Å². The van der Waals surface area contributed by atoms with Crippen molar-refractivity contribution in [1.82, 2.24) is 4.72 Å². The Morgan fingerprint density at radius 3 is 2.41 bits per heavy atom. The van der Waals surface area contributed by atoms with Crippen LogP contribution >= 0.6 is 0 Å². The first-order valence-corrected chi connectivity index (χ1v) is 10.5. The Morgan fingerprint density at radius 1 is 1.04 bits per heavy atom. The van der Waals surface area contributed by atoms with Gasteiger partial charge in [0.15, 0.2) is 0 Å². The highest BCUT2D eigenvalue weighted by molar-refractivity contribution is 7.89. The lowest BCUT2D eigenvalue weighted by Crippen LogP contribution is -2.36. The van der Waals surface area contributed by atoms with Gasteiger partial charge in [-0.3, -0.25) is 4.79 Å². The third-order valence-electron chi connectivity index (χ3n) is 4.67. The molecule has 7 heteroatoms. The maximum absolute atomic E-state index is 12.9. The number of ether oxygens (including phenoxy) is 1. The van der Waals surface area contributed by atoms with Crippen LogP contribution in [0.1, 0.15) is 42.5 Å². The topological polar surface area (TPSA) is 84.5 Å². The predicted molar refractivity (Wildman–Crippen MR) is 105 cm³/mol. The first-order valence-electron chi connectivity index (χ1n) is 9.06. The molecule has 0 aromatic heterocycles. The summed E-state index contributed by atoms with van der Waals surface area (Å²) in [6, 6.07) is 13.4. The Kier molecular flexibility index (Phi) is 6.13. The molecule has 0 radical (unpaired) electrons. The molecule has 3 rings (SSSR count). The van der Waals surface area contributed by atoms with E-state index in [0.29, 0.717) is 5.69 Å². The minimum absolute atomic E-state index is 0.0173. The van der Waals surface area contributed by atoms with E-state index in [1.807, 2.05) is 18.2 Å². The summed E-state index contributed by atoms with van der Waals surface area (Å²) in [5.41, 5.74) is 0.895. The number of methoxy groups -OCH3 is 1. The largest absolute Gasteiger partial charge is 0.495 e. The van der Waals surface area contributed by atoms with Crippen LogP contribution < -0.4 is 14.8 Å². The van der Waals surface area contributed by atoms with Crippen LogP contribution in [0.2, 0.25) is 0 Å². The SMILES string of the molecule is COc1ccc(C(=O)Nc2ccccc2)cc1S(=O)(=O)NC1CCCCC1. The van der Waals surface area contributed by atoms with E-state index in [-0.39, 0.29) is 28.2 Å². The minimum Gasteiger partial charge on any atom is -0.495 e. The van der Waals surface area contributed by atoms with Crippen molar-refractivity contribution in [3.8, 4) is 5.75 Å². The quantitative estimate of drug-likeness (QED) is 0.792. The standard InChI is InChI=1S/C20H24N2O4S/c1-26-18-13-12-15(20(23)21-16-8-4-2-5-9-16)14-19(18)27(24,25)22-17-10-6-3-7-11-17/h2,4-5,8-9,12-14,17,22H,3,6-7,10-11H2,1H3,(H,21,23).